The number of rotatable bonds is 10. The third-order valence-electron chi connectivity index (χ3n) is 6.04. The van der Waals surface area contributed by atoms with Crippen LogP contribution < -0.4 is 33.8 Å². The maximum absolute atomic E-state index is 13.9. The summed E-state index contributed by atoms with van der Waals surface area (Å²) in [7, 11) is 4.45. The van der Waals surface area contributed by atoms with Crippen LogP contribution in [0.3, 0.4) is 0 Å². The highest BCUT2D eigenvalue weighted by atomic mass is 32.1. The molecule has 40 heavy (non-hydrogen) atoms. The highest BCUT2D eigenvalue weighted by Gasteiger charge is 2.34. The number of hydrogen-bond acceptors (Lipinski definition) is 10. The van der Waals surface area contributed by atoms with Crippen LogP contribution in [-0.4, -0.2) is 56.2 Å². The van der Waals surface area contributed by atoms with Crippen molar-refractivity contribution in [2.24, 2.45) is 4.99 Å². The first kappa shape index (κ1) is 28.4. The lowest BCUT2D eigenvalue weighted by atomic mass is 9.95. The first-order chi connectivity index (χ1) is 19.2. The van der Waals surface area contributed by atoms with Crippen LogP contribution >= 0.6 is 11.3 Å². The Balaban J connectivity index is 1.93. The second kappa shape index (κ2) is 12.1. The van der Waals surface area contributed by atoms with E-state index in [4.69, 9.17) is 28.8 Å². The standard InChI is InChI=1S/C28H28N2O9S/c1-6-38-27(34)23-15(2)29-28-30(24(23)17-12-19(35-3)25(37-5)20(13-17)36-4)26(33)21(40-28)11-16-8-7-9-18(10-16)39-14-22(31)32/h7-13,24H,6,14H2,1-5H3,(H,31,32)/b21-11-/t24-/m0/s1. The molecule has 1 aliphatic rings. The van der Waals surface area contributed by atoms with E-state index in [9.17, 15) is 14.4 Å². The number of fused-ring (bicyclic) bond motifs is 1. The van der Waals surface area contributed by atoms with E-state index < -0.39 is 24.6 Å². The maximum Gasteiger partial charge on any atom is 0.341 e. The fourth-order valence-corrected chi connectivity index (χ4v) is 5.40. The third kappa shape index (κ3) is 5.57. The number of benzene rings is 2. The minimum absolute atomic E-state index is 0.141. The molecular formula is C28H28N2O9S. The maximum atomic E-state index is 13.9. The van der Waals surface area contributed by atoms with E-state index in [-0.39, 0.29) is 17.7 Å². The van der Waals surface area contributed by atoms with Crippen LogP contribution in [0.1, 0.15) is 31.0 Å². The van der Waals surface area contributed by atoms with Gasteiger partial charge in [-0.1, -0.05) is 23.5 Å². The van der Waals surface area contributed by atoms with Gasteiger partial charge in [0.2, 0.25) is 5.75 Å². The van der Waals surface area contributed by atoms with Gasteiger partial charge in [0.15, 0.2) is 22.9 Å². The van der Waals surface area contributed by atoms with Gasteiger partial charge in [0.05, 0.1) is 49.8 Å². The Morgan fingerprint density at radius 2 is 1.80 bits per heavy atom. The van der Waals surface area contributed by atoms with Gasteiger partial charge in [-0.25, -0.2) is 14.6 Å². The minimum atomic E-state index is -1.10. The summed E-state index contributed by atoms with van der Waals surface area (Å²) in [5.41, 5.74) is 1.39. The summed E-state index contributed by atoms with van der Waals surface area (Å²) in [6, 6.07) is 9.19. The smallest absolute Gasteiger partial charge is 0.341 e. The number of thiazole rings is 1. The van der Waals surface area contributed by atoms with E-state index in [1.54, 1.807) is 56.3 Å². The van der Waals surface area contributed by atoms with E-state index in [0.29, 0.717) is 49.2 Å². The number of nitrogens with zero attached hydrogens (tertiary/aromatic N) is 2. The molecule has 1 aliphatic heterocycles. The molecule has 2 aromatic carbocycles. The topological polar surface area (TPSA) is 135 Å². The number of carboxylic acids is 1. The van der Waals surface area contributed by atoms with Gasteiger partial charge in [0.25, 0.3) is 5.56 Å². The van der Waals surface area contributed by atoms with Gasteiger partial charge >= 0.3 is 11.9 Å². The molecule has 2 heterocycles. The molecule has 0 amide bonds. The lowest BCUT2D eigenvalue weighted by Crippen LogP contribution is -2.40. The largest absolute Gasteiger partial charge is 0.493 e. The third-order valence-corrected chi connectivity index (χ3v) is 7.02. The summed E-state index contributed by atoms with van der Waals surface area (Å²) in [5.74, 6) is -0.271. The Morgan fingerprint density at radius 1 is 1.10 bits per heavy atom. The molecule has 0 radical (unpaired) electrons. The first-order valence-corrected chi connectivity index (χ1v) is 13.0. The normalized spacial score (nSPS) is 14.7. The Kier molecular flexibility index (Phi) is 8.58. The van der Waals surface area contributed by atoms with E-state index in [0.717, 1.165) is 11.3 Å². The van der Waals surface area contributed by atoms with Crippen LogP contribution in [0, 0.1) is 0 Å². The van der Waals surface area contributed by atoms with Crippen LogP contribution in [0.15, 0.2) is 57.5 Å². The number of carbonyl (C=O) groups excluding carboxylic acids is 1. The Morgan fingerprint density at radius 3 is 2.40 bits per heavy atom. The van der Waals surface area contributed by atoms with E-state index in [1.807, 2.05) is 0 Å². The second-order valence-electron chi connectivity index (χ2n) is 8.52. The molecule has 12 heteroatoms. The summed E-state index contributed by atoms with van der Waals surface area (Å²) >= 11 is 1.16. The van der Waals surface area contributed by atoms with Gasteiger partial charge in [-0.3, -0.25) is 9.36 Å². The lowest BCUT2D eigenvalue weighted by molar-refractivity contribution is -0.140. The van der Waals surface area contributed by atoms with Gasteiger partial charge in [0, 0.05) is 0 Å². The summed E-state index contributed by atoms with van der Waals surface area (Å²) in [4.78, 5) is 42.9. The predicted octanol–water partition coefficient (Wildman–Crippen LogP) is 2.29. The van der Waals surface area contributed by atoms with Crippen molar-refractivity contribution < 1.29 is 38.4 Å². The number of aromatic nitrogens is 1. The van der Waals surface area contributed by atoms with Gasteiger partial charge in [0.1, 0.15) is 5.75 Å². The van der Waals surface area contributed by atoms with Crippen molar-refractivity contribution in [2.75, 3.05) is 34.5 Å². The van der Waals surface area contributed by atoms with Crippen molar-refractivity contribution in [3.8, 4) is 23.0 Å². The van der Waals surface area contributed by atoms with Crippen LogP contribution in [0.4, 0.5) is 0 Å². The molecule has 3 aromatic rings. The van der Waals surface area contributed by atoms with Gasteiger partial charge < -0.3 is 28.8 Å². The number of aliphatic carboxylic acids is 1. The molecule has 1 atom stereocenters. The SMILES string of the molecule is CCOC(=O)C1=C(C)N=c2s/c(=C\c3cccc(OCC(=O)O)c3)c(=O)n2[C@H]1c1cc(OC)c(OC)c(OC)c1. The molecule has 210 valence electrons. The molecule has 0 spiro atoms. The van der Waals surface area contributed by atoms with Gasteiger partial charge in [-0.2, -0.15) is 0 Å². The number of hydrogen-bond donors (Lipinski definition) is 1. The predicted molar refractivity (Wildman–Crippen MR) is 146 cm³/mol. The van der Waals surface area contributed by atoms with Gasteiger partial charge in [-0.05, 0) is 55.3 Å². The molecule has 0 saturated carbocycles. The summed E-state index contributed by atoms with van der Waals surface area (Å²) in [6.45, 7) is 3.04. The monoisotopic (exact) mass is 568 g/mol. The highest BCUT2D eigenvalue weighted by Crippen LogP contribution is 2.42. The highest BCUT2D eigenvalue weighted by molar-refractivity contribution is 7.07. The minimum Gasteiger partial charge on any atom is -0.493 e. The van der Waals surface area contributed by atoms with E-state index in [1.165, 1.54) is 25.9 Å². The quantitative estimate of drug-likeness (QED) is 0.366. The molecule has 0 saturated heterocycles. The number of esters is 1. The Labute approximate surface area is 233 Å². The van der Waals surface area contributed by atoms with Crippen molar-refractivity contribution >= 4 is 29.4 Å². The van der Waals surface area contributed by atoms with E-state index >= 15 is 0 Å². The van der Waals surface area contributed by atoms with Crippen molar-refractivity contribution in [1.29, 1.82) is 0 Å². The summed E-state index contributed by atoms with van der Waals surface area (Å²) in [6.07, 6.45) is 1.66. The molecule has 4 rings (SSSR count). The molecule has 1 N–H and O–H groups in total. The molecule has 0 aliphatic carbocycles. The van der Waals surface area contributed by atoms with Crippen molar-refractivity contribution in [2.45, 2.75) is 19.9 Å². The molecule has 11 nitrogen and oxygen atoms in total. The summed E-state index contributed by atoms with van der Waals surface area (Å²) in [5, 5.41) is 8.89. The van der Waals surface area contributed by atoms with Crippen LogP contribution in [0.5, 0.6) is 23.0 Å². The van der Waals surface area contributed by atoms with Crippen LogP contribution in [0.25, 0.3) is 6.08 Å². The average molecular weight is 569 g/mol. The molecule has 0 bridgehead atoms. The Hall–Kier alpha value is -4.58. The van der Waals surface area contributed by atoms with Crippen molar-refractivity contribution in [3.63, 3.8) is 0 Å². The van der Waals surface area contributed by atoms with Crippen LogP contribution in [0.2, 0.25) is 0 Å². The Bertz CT molecular complexity index is 1640. The number of ether oxygens (including phenoxy) is 5. The first-order valence-electron chi connectivity index (χ1n) is 12.2. The zero-order chi connectivity index (χ0) is 29.0. The summed E-state index contributed by atoms with van der Waals surface area (Å²) < 4.78 is 28.9. The zero-order valence-electron chi connectivity index (χ0n) is 22.5. The van der Waals surface area contributed by atoms with Gasteiger partial charge in [-0.15, -0.1) is 0 Å². The molecule has 0 unspecified atom stereocenters. The molecular weight excluding hydrogens is 540 g/mol. The number of carboxylic acid groups (broad SMARTS) is 1. The number of methoxy groups -OCH3 is 3. The zero-order valence-corrected chi connectivity index (χ0v) is 23.4. The fourth-order valence-electron chi connectivity index (χ4n) is 4.36. The number of carbonyl (C=O) groups is 2. The van der Waals surface area contributed by atoms with E-state index in [2.05, 4.69) is 4.99 Å². The molecule has 1 aromatic heterocycles. The second-order valence-corrected chi connectivity index (χ2v) is 9.52. The average Bonchev–Trinajstić information content (AvgIpc) is 3.24. The van der Waals surface area contributed by atoms with Crippen molar-refractivity contribution in [3.05, 3.63) is 78.5 Å². The van der Waals surface area contributed by atoms with Crippen molar-refractivity contribution in [1.82, 2.24) is 4.57 Å². The lowest BCUT2D eigenvalue weighted by Gasteiger charge is -2.26. The molecule has 0 fully saturated rings. The number of allylic oxidation sites excluding steroid dienone is 1. The van der Waals surface area contributed by atoms with Crippen LogP contribution in [-0.2, 0) is 14.3 Å². The fraction of sp³-hybridized carbons (Fsp3) is 0.286.